The van der Waals surface area contributed by atoms with Crippen molar-refractivity contribution in [3.05, 3.63) is 75.7 Å². The second-order valence-electron chi connectivity index (χ2n) is 9.18. The first-order valence-corrected chi connectivity index (χ1v) is 10.3. The molecule has 4 rings (SSSR count). The van der Waals surface area contributed by atoms with Gasteiger partial charge in [0.15, 0.2) is 0 Å². The van der Waals surface area contributed by atoms with Crippen molar-refractivity contribution in [3.63, 3.8) is 0 Å². The lowest BCUT2D eigenvalue weighted by atomic mass is 9.78. The normalized spacial score (nSPS) is 17.3. The van der Waals surface area contributed by atoms with Crippen LogP contribution in [0.5, 0.6) is 0 Å². The topological polar surface area (TPSA) is 58.3 Å². The fourth-order valence-electron chi connectivity index (χ4n) is 3.58. The number of nitrogens with zero attached hydrogens (tertiary/aromatic N) is 3. The Balaban J connectivity index is 1.61. The van der Waals surface area contributed by atoms with Gasteiger partial charge in [0.1, 0.15) is 12.1 Å². The molecule has 2 heterocycles. The van der Waals surface area contributed by atoms with Crippen LogP contribution in [0.1, 0.15) is 44.4 Å². The number of hydrogen-bond acceptors (Lipinski definition) is 4. The average Bonchev–Trinajstić information content (AvgIpc) is 3.14. The molecule has 8 heteroatoms. The molecule has 3 aromatic rings. The van der Waals surface area contributed by atoms with E-state index in [2.05, 4.69) is 11.2 Å². The molecule has 0 saturated carbocycles. The van der Waals surface area contributed by atoms with E-state index >= 15 is 0 Å². The van der Waals surface area contributed by atoms with E-state index in [9.17, 15) is 9.18 Å². The third kappa shape index (κ3) is 3.86. The van der Waals surface area contributed by atoms with Gasteiger partial charge < -0.3 is 9.31 Å². The van der Waals surface area contributed by atoms with E-state index < -0.39 is 24.1 Å². The van der Waals surface area contributed by atoms with Gasteiger partial charge in [-0.05, 0) is 64.8 Å². The van der Waals surface area contributed by atoms with Crippen LogP contribution in [0.2, 0.25) is 0 Å². The van der Waals surface area contributed by atoms with Crippen LogP contribution in [-0.2, 0) is 15.9 Å². The first-order chi connectivity index (χ1) is 14.5. The van der Waals surface area contributed by atoms with Crippen molar-refractivity contribution in [1.29, 1.82) is 0 Å². The highest BCUT2D eigenvalue weighted by molar-refractivity contribution is 6.62. The summed E-state index contributed by atoms with van der Waals surface area (Å²) in [4.78, 5) is 12.9. The zero-order valence-corrected chi connectivity index (χ0v) is 18.8. The van der Waals surface area contributed by atoms with Crippen molar-refractivity contribution in [3.8, 4) is 5.69 Å². The lowest BCUT2D eigenvalue weighted by Crippen LogP contribution is -2.41. The van der Waals surface area contributed by atoms with Crippen LogP contribution in [0.4, 0.5) is 4.39 Å². The van der Waals surface area contributed by atoms with E-state index in [1.54, 1.807) is 12.1 Å². The van der Waals surface area contributed by atoms with E-state index in [1.165, 1.54) is 21.6 Å². The van der Waals surface area contributed by atoms with Gasteiger partial charge in [0, 0.05) is 5.46 Å². The monoisotopic (exact) mass is 423 g/mol. The highest BCUT2D eigenvalue weighted by Gasteiger charge is 2.52. The predicted octanol–water partition coefficient (Wildman–Crippen LogP) is 3.14. The highest BCUT2D eigenvalue weighted by Crippen LogP contribution is 2.36. The molecule has 0 unspecified atom stereocenters. The Bertz CT molecular complexity index is 1180. The lowest BCUT2D eigenvalue weighted by molar-refractivity contribution is 0.00578. The van der Waals surface area contributed by atoms with Gasteiger partial charge in [0.25, 0.3) is 0 Å². The minimum Gasteiger partial charge on any atom is -0.399 e. The van der Waals surface area contributed by atoms with Crippen LogP contribution in [0.25, 0.3) is 5.69 Å². The average molecular weight is 423 g/mol. The van der Waals surface area contributed by atoms with Crippen molar-refractivity contribution >= 4 is 12.6 Å². The van der Waals surface area contributed by atoms with Gasteiger partial charge in [-0.1, -0.05) is 29.8 Å². The maximum atomic E-state index is 15.0. The van der Waals surface area contributed by atoms with Crippen LogP contribution in [0.3, 0.4) is 0 Å². The minimum absolute atomic E-state index is 0.297. The molecule has 0 bridgehead atoms. The molecule has 0 amide bonds. The highest BCUT2D eigenvalue weighted by atomic mass is 19.1. The summed E-state index contributed by atoms with van der Waals surface area (Å²) in [5.41, 5.74) is 2.46. The number of halogens is 1. The minimum atomic E-state index is -0.808. The smallest absolute Gasteiger partial charge is 0.399 e. The van der Waals surface area contributed by atoms with E-state index in [0.717, 1.165) is 16.7 Å². The number of benzene rings is 2. The van der Waals surface area contributed by atoms with Gasteiger partial charge in [-0.25, -0.2) is 9.18 Å². The van der Waals surface area contributed by atoms with E-state index in [1.807, 2.05) is 53.7 Å². The number of hydrogen-bond donors (Lipinski definition) is 0. The van der Waals surface area contributed by atoms with E-state index in [4.69, 9.17) is 9.31 Å². The Labute approximate surface area is 181 Å². The van der Waals surface area contributed by atoms with Crippen LogP contribution in [-0.4, -0.2) is 32.7 Å². The largest absolute Gasteiger partial charge is 0.497 e. The van der Waals surface area contributed by atoms with Crippen LogP contribution >= 0.6 is 0 Å². The molecule has 2 aromatic carbocycles. The van der Waals surface area contributed by atoms with Gasteiger partial charge in [-0.15, -0.1) is 0 Å². The second-order valence-corrected chi connectivity index (χ2v) is 9.18. The van der Waals surface area contributed by atoms with Gasteiger partial charge in [0.2, 0.25) is 0 Å². The third-order valence-corrected chi connectivity index (χ3v) is 6.31. The molecule has 0 aliphatic carbocycles. The quantitative estimate of drug-likeness (QED) is 0.606. The van der Waals surface area contributed by atoms with E-state index in [0.29, 0.717) is 17.7 Å². The Morgan fingerprint density at radius 2 is 1.71 bits per heavy atom. The van der Waals surface area contributed by atoms with E-state index in [-0.39, 0.29) is 5.69 Å². The SMILES string of the molecule is Cc1ccc(C)c(Cn2cnn(-c3ccc(B4OC(C)(C)C(C)(C)O4)c(F)c3)c2=O)c1. The maximum Gasteiger partial charge on any atom is 0.497 e. The molecule has 0 radical (unpaired) electrons. The van der Waals surface area contributed by atoms with Gasteiger partial charge in [0.05, 0.1) is 23.4 Å². The van der Waals surface area contributed by atoms with Crippen molar-refractivity contribution in [2.24, 2.45) is 0 Å². The fraction of sp³-hybridized carbons (Fsp3) is 0.391. The number of rotatable bonds is 4. The molecule has 1 saturated heterocycles. The summed E-state index contributed by atoms with van der Waals surface area (Å²) >= 11 is 0. The summed E-state index contributed by atoms with van der Waals surface area (Å²) in [6, 6.07) is 10.7. The first kappa shape index (κ1) is 21.5. The fourth-order valence-corrected chi connectivity index (χ4v) is 3.58. The molecule has 31 heavy (non-hydrogen) atoms. The Morgan fingerprint density at radius 3 is 2.35 bits per heavy atom. The molecule has 0 spiro atoms. The first-order valence-electron chi connectivity index (χ1n) is 10.3. The lowest BCUT2D eigenvalue weighted by Gasteiger charge is -2.32. The molecule has 1 aromatic heterocycles. The number of aryl methyl sites for hydroxylation is 2. The molecule has 0 N–H and O–H groups in total. The Morgan fingerprint density at radius 1 is 1.03 bits per heavy atom. The van der Waals surface area contributed by atoms with Crippen molar-refractivity contribution in [2.45, 2.75) is 59.3 Å². The molecular formula is C23H27BFN3O3. The van der Waals surface area contributed by atoms with Crippen molar-refractivity contribution < 1.29 is 13.7 Å². The van der Waals surface area contributed by atoms with Crippen LogP contribution in [0, 0.1) is 19.7 Å². The molecule has 0 atom stereocenters. The molecular weight excluding hydrogens is 396 g/mol. The third-order valence-electron chi connectivity index (χ3n) is 6.31. The number of aromatic nitrogens is 3. The van der Waals surface area contributed by atoms with Gasteiger partial charge >= 0.3 is 12.8 Å². The zero-order valence-electron chi connectivity index (χ0n) is 18.8. The Hall–Kier alpha value is -2.71. The summed E-state index contributed by atoms with van der Waals surface area (Å²) < 4.78 is 29.6. The van der Waals surface area contributed by atoms with Gasteiger partial charge in [-0.2, -0.15) is 9.78 Å². The summed E-state index contributed by atoms with van der Waals surface area (Å²) in [6.07, 6.45) is 1.48. The summed E-state index contributed by atoms with van der Waals surface area (Å²) in [5.74, 6) is -0.507. The molecule has 6 nitrogen and oxygen atoms in total. The summed E-state index contributed by atoms with van der Waals surface area (Å²) in [6.45, 7) is 12.1. The predicted molar refractivity (Wildman–Crippen MR) is 119 cm³/mol. The molecule has 162 valence electrons. The molecule has 1 aliphatic rings. The second kappa shape index (κ2) is 7.46. The summed E-state index contributed by atoms with van der Waals surface area (Å²) in [5, 5.41) is 4.19. The maximum absolute atomic E-state index is 15.0. The molecule has 1 fully saturated rings. The zero-order chi connectivity index (χ0) is 22.6. The van der Waals surface area contributed by atoms with Gasteiger partial charge in [-0.3, -0.25) is 4.57 Å². The van der Waals surface area contributed by atoms with Crippen molar-refractivity contribution in [1.82, 2.24) is 14.3 Å². The Kier molecular flexibility index (Phi) is 5.18. The van der Waals surface area contributed by atoms with Crippen LogP contribution in [0.15, 0.2) is 47.5 Å². The standard InChI is InChI=1S/C23H27BFN3O3/c1-15-7-8-16(2)17(11-15)13-27-14-26-28(21(27)29)18-9-10-19(20(25)12-18)24-30-22(3,4)23(5,6)31-24/h7-12,14H,13H2,1-6H3. The van der Waals surface area contributed by atoms with Crippen molar-refractivity contribution in [2.75, 3.05) is 0 Å². The van der Waals surface area contributed by atoms with Crippen LogP contribution < -0.4 is 11.2 Å². The molecule has 1 aliphatic heterocycles. The summed E-state index contributed by atoms with van der Waals surface area (Å²) in [7, 11) is -0.808.